The number of para-hydroxylation sites is 1. The molecule has 0 unspecified atom stereocenters. The van der Waals surface area contributed by atoms with Crippen molar-refractivity contribution in [3.8, 4) is 5.75 Å². The molecular formula is C32H40F2N2O7. The van der Waals surface area contributed by atoms with Crippen LogP contribution in [0.15, 0.2) is 78.9 Å². The minimum atomic E-state index is -2.89. The molecule has 234 valence electrons. The van der Waals surface area contributed by atoms with Gasteiger partial charge in [0.15, 0.2) is 6.61 Å². The third kappa shape index (κ3) is 16.7. The molecule has 1 N–H and O–H groups in total. The maximum atomic E-state index is 13.6. The van der Waals surface area contributed by atoms with Crippen LogP contribution in [-0.2, 0) is 32.4 Å². The Morgan fingerprint density at radius 3 is 2.33 bits per heavy atom. The van der Waals surface area contributed by atoms with Crippen LogP contribution in [0.25, 0.3) is 0 Å². The molecule has 9 nitrogen and oxygen atoms in total. The minimum Gasteiger partial charge on any atom is -0.487 e. The van der Waals surface area contributed by atoms with Gasteiger partial charge in [-0.3, -0.25) is 9.59 Å². The van der Waals surface area contributed by atoms with Crippen LogP contribution >= 0.6 is 0 Å². The molecule has 1 aliphatic carbocycles. The van der Waals surface area contributed by atoms with E-state index >= 15 is 0 Å². The minimum absolute atomic E-state index is 0.0619. The molecule has 1 amide bonds. The zero-order valence-electron chi connectivity index (χ0n) is 24.4. The summed E-state index contributed by atoms with van der Waals surface area (Å²) in [5.74, 6) is -2.79. The van der Waals surface area contributed by atoms with E-state index in [1.165, 1.54) is 0 Å². The summed E-state index contributed by atoms with van der Waals surface area (Å²) in [6.45, 7) is 1.08. The van der Waals surface area contributed by atoms with Gasteiger partial charge in [-0.15, -0.1) is 10.1 Å². The van der Waals surface area contributed by atoms with E-state index in [9.17, 15) is 28.5 Å². The smallest absolute Gasteiger partial charge is 0.325 e. The zero-order valence-corrected chi connectivity index (χ0v) is 24.4. The van der Waals surface area contributed by atoms with Gasteiger partial charge in [0.05, 0.1) is 0 Å². The highest BCUT2D eigenvalue weighted by molar-refractivity contribution is 5.81. The summed E-state index contributed by atoms with van der Waals surface area (Å²) >= 11 is 0. The number of halogens is 2. The number of nitrogens with zero attached hydrogens (tertiary/aromatic N) is 1. The molecule has 0 saturated heterocycles. The number of alkyl halides is 2. The van der Waals surface area contributed by atoms with E-state index in [1.54, 1.807) is 54.6 Å². The Balaban J connectivity index is 0.000000315. The van der Waals surface area contributed by atoms with E-state index in [-0.39, 0.29) is 25.7 Å². The number of ether oxygens (including phenoxy) is 2. The standard InChI is InChI=1S/C17H22N2O6.C15H18F2O/c1-2-3-4-5-6-16(20)18-11-17(21)24-12-14-7-9-15(10-8-14)13-25-19(22)23;16-15(17,11-10-13-6-4-5-7-13)12-18-14-8-2-1-3-9-14/h2-3,7-10H,4-6,11-13H2,1H3,(H,18,20);1-3,8-11,13H,4-7,12H2/b3-2-;11-10+. The second-order valence-corrected chi connectivity index (χ2v) is 9.98. The van der Waals surface area contributed by atoms with Crippen molar-refractivity contribution in [2.24, 2.45) is 5.92 Å². The molecule has 1 aliphatic rings. The third-order valence-electron chi connectivity index (χ3n) is 6.39. The number of carbonyl (C=O) groups is 2. The first-order valence-electron chi connectivity index (χ1n) is 14.3. The van der Waals surface area contributed by atoms with Gasteiger partial charge >= 0.3 is 5.97 Å². The molecule has 1 fully saturated rings. The number of benzene rings is 2. The van der Waals surface area contributed by atoms with Crippen LogP contribution in [0, 0.1) is 16.0 Å². The highest BCUT2D eigenvalue weighted by Crippen LogP contribution is 2.28. The van der Waals surface area contributed by atoms with Crippen molar-refractivity contribution < 1.29 is 37.8 Å². The van der Waals surface area contributed by atoms with Gasteiger partial charge in [0, 0.05) is 6.42 Å². The second kappa shape index (κ2) is 19.8. The first-order chi connectivity index (χ1) is 20.7. The number of hydrogen-bond acceptors (Lipinski definition) is 7. The molecule has 0 radical (unpaired) electrons. The van der Waals surface area contributed by atoms with E-state index in [1.807, 2.05) is 25.1 Å². The number of carbonyl (C=O) groups excluding carboxylic acids is 2. The fourth-order valence-electron chi connectivity index (χ4n) is 4.05. The molecule has 0 spiro atoms. The number of rotatable bonds is 16. The predicted octanol–water partition coefficient (Wildman–Crippen LogP) is 6.75. The van der Waals surface area contributed by atoms with Gasteiger partial charge in [0.25, 0.3) is 11.0 Å². The van der Waals surface area contributed by atoms with Gasteiger partial charge < -0.3 is 19.6 Å². The van der Waals surface area contributed by atoms with Crippen LogP contribution < -0.4 is 10.1 Å². The number of hydrogen-bond donors (Lipinski definition) is 1. The number of amides is 1. The van der Waals surface area contributed by atoms with Gasteiger partial charge in [-0.25, -0.2) is 0 Å². The van der Waals surface area contributed by atoms with Gasteiger partial charge in [-0.2, -0.15) is 8.78 Å². The zero-order chi connectivity index (χ0) is 31.3. The SMILES string of the molecule is C/C=C\CCCC(=O)NCC(=O)OCc1ccc(CO[N+](=O)[O-])cc1.FC(F)(/C=C/C1CCCC1)COc1ccccc1. The highest BCUT2D eigenvalue weighted by Gasteiger charge is 2.27. The largest absolute Gasteiger partial charge is 0.487 e. The van der Waals surface area contributed by atoms with Gasteiger partial charge in [0.1, 0.15) is 25.5 Å². The molecule has 0 aliphatic heterocycles. The fraction of sp³-hybridized carbons (Fsp3) is 0.438. The maximum Gasteiger partial charge on any atom is 0.325 e. The number of nitrogens with one attached hydrogen (secondary N) is 1. The first-order valence-corrected chi connectivity index (χ1v) is 14.3. The van der Waals surface area contributed by atoms with Gasteiger partial charge in [-0.05, 0) is 67.9 Å². The Morgan fingerprint density at radius 1 is 1.05 bits per heavy atom. The van der Waals surface area contributed by atoms with Crippen LogP contribution in [0.1, 0.15) is 63.0 Å². The number of esters is 1. The van der Waals surface area contributed by atoms with Crippen molar-refractivity contribution in [3.63, 3.8) is 0 Å². The average molecular weight is 603 g/mol. The Hall–Kier alpha value is -4.28. The monoisotopic (exact) mass is 602 g/mol. The normalized spacial score (nSPS) is 13.4. The van der Waals surface area contributed by atoms with Crippen LogP contribution in [0.5, 0.6) is 5.75 Å². The molecule has 0 aromatic heterocycles. The molecule has 3 rings (SSSR count). The number of allylic oxidation sites excluding steroid dienone is 3. The summed E-state index contributed by atoms with van der Waals surface area (Å²) in [5.41, 5.74) is 1.37. The van der Waals surface area contributed by atoms with Crippen LogP contribution in [0.4, 0.5) is 8.78 Å². The predicted molar refractivity (Wildman–Crippen MR) is 158 cm³/mol. The summed E-state index contributed by atoms with van der Waals surface area (Å²) in [5, 5.41) is 11.8. The van der Waals surface area contributed by atoms with E-state index < -0.39 is 23.6 Å². The molecule has 2 aromatic rings. The maximum absolute atomic E-state index is 13.6. The Bertz CT molecular complexity index is 1170. The topological polar surface area (TPSA) is 117 Å². The van der Waals surface area contributed by atoms with Gasteiger partial charge in [0.2, 0.25) is 5.91 Å². The molecule has 0 atom stereocenters. The lowest BCUT2D eigenvalue weighted by Crippen LogP contribution is -2.30. The van der Waals surface area contributed by atoms with Gasteiger partial charge in [-0.1, -0.05) is 73.5 Å². The first kappa shape index (κ1) is 34.9. The molecule has 0 bridgehead atoms. The fourth-order valence-corrected chi connectivity index (χ4v) is 4.05. The van der Waals surface area contributed by atoms with E-state index in [0.717, 1.165) is 50.2 Å². The number of unbranched alkanes of at least 4 members (excludes halogenated alkanes) is 1. The molecular weight excluding hydrogens is 562 g/mol. The lowest BCUT2D eigenvalue weighted by atomic mass is 10.1. The molecule has 2 aromatic carbocycles. The Morgan fingerprint density at radius 2 is 1.70 bits per heavy atom. The van der Waals surface area contributed by atoms with E-state index in [2.05, 4.69) is 10.2 Å². The van der Waals surface area contributed by atoms with Crippen molar-refractivity contribution in [2.45, 2.75) is 71.0 Å². The summed E-state index contributed by atoms with van der Waals surface area (Å²) in [6, 6.07) is 15.4. The molecule has 1 saturated carbocycles. The molecule has 11 heteroatoms. The van der Waals surface area contributed by atoms with Crippen molar-refractivity contribution >= 4 is 11.9 Å². The van der Waals surface area contributed by atoms with Crippen molar-refractivity contribution in [3.05, 3.63) is 100 Å². The lowest BCUT2D eigenvalue weighted by Gasteiger charge is -2.14. The lowest BCUT2D eigenvalue weighted by molar-refractivity contribution is -0.763. The summed E-state index contributed by atoms with van der Waals surface area (Å²) < 4.78 is 37.2. The van der Waals surface area contributed by atoms with Crippen LogP contribution in [-0.4, -0.2) is 36.0 Å². The Kier molecular flexibility index (Phi) is 16.1. The third-order valence-corrected chi connectivity index (χ3v) is 6.39. The quantitative estimate of drug-likeness (QED) is 0.0743. The van der Waals surface area contributed by atoms with Crippen molar-refractivity contribution in [2.75, 3.05) is 13.2 Å². The van der Waals surface area contributed by atoms with Crippen molar-refractivity contribution in [1.82, 2.24) is 5.32 Å². The Labute approximate surface area is 251 Å². The van der Waals surface area contributed by atoms with Crippen molar-refractivity contribution in [1.29, 1.82) is 0 Å². The summed E-state index contributed by atoms with van der Waals surface area (Å²) in [4.78, 5) is 37.5. The van der Waals surface area contributed by atoms with Crippen LogP contribution in [0.2, 0.25) is 0 Å². The molecule has 0 heterocycles. The average Bonchev–Trinajstić information content (AvgIpc) is 3.54. The van der Waals surface area contributed by atoms with E-state index in [4.69, 9.17) is 9.47 Å². The van der Waals surface area contributed by atoms with Crippen LogP contribution in [0.3, 0.4) is 0 Å². The molecule has 43 heavy (non-hydrogen) atoms. The summed E-state index contributed by atoms with van der Waals surface area (Å²) in [7, 11) is 0. The van der Waals surface area contributed by atoms with E-state index in [0.29, 0.717) is 23.7 Å². The highest BCUT2D eigenvalue weighted by atomic mass is 19.3. The summed E-state index contributed by atoms with van der Waals surface area (Å²) in [6.07, 6.45) is 12.9. The second-order valence-electron chi connectivity index (χ2n) is 9.98.